The highest BCUT2D eigenvalue weighted by Gasteiger charge is 2.17. The van der Waals surface area contributed by atoms with Gasteiger partial charge in [0.1, 0.15) is 4.60 Å². The van der Waals surface area contributed by atoms with Crippen LogP contribution in [0.25, 0.3) is 0 Å². The van der Waals surface area contributed by atoms with Crippen LogP contribution in [-0.2, 0) is 0 Å². The number of alkyl halides is 2. The molecule has 0 aliphatic rings. The first-order valence-electron chi connectivity index (χ1n) is 2.82. The predicted octanol–water partition coefficient (Wildman–Crippen LogP) is 3.57. The van der Waals surface area contributed by atoms with Crippen molar-refractivity contribution in [2.24, 2.45) is 0 Å². The van der Waals surface area contributed by atoms with Crippen molar-refractivity contribution in [3.63, 3.8) is 0 Å². The third-order valence-corrected chi connectivity index (χ3v) is 1.81. The molecule has 1 heterocycles. The number of aromatic nitrogens is 1. The number of halogens is 5. The maximum atomic E-state index is 12.7. The van der Waals surface area contributed by atoms with Gasteiger partial charge in [0.05, 0.1) is 5.56 Å². The lowest BCUT2D eigenvalue weighted by molar-refractivity contribution is 0.146. The van der Waals surface area contributed by atoms with Crippen LogP contribution in [0, 0.1) is 5.82 Å². The molecule has 1 nitrogen and oxygen atoms in total. The summed E-state index contributed by atoms with van der Waals surface area (Å²) in [6.45, 7) is 0. The van der Waals surface area contributed by atoms with Gasteiger partial charge in [0.2, 0.25) is 0 Å². The van der Waals surface area contributed by atoms with Crippen molar-refractivity contribution in [2.75, 3.05) is 0 Å². The number of rotatable bonds is 1. The van der Waals surface area contributed by atoms with Gasteiger partial charge in [-0.05, 0) is 22.0 Å². The molecular formula is C6H2BrClF3N. The van der Waals surface area contributed by atoms with Crippen molar-refractivity contribution >= 4 is 27.5 Å². The highest BCUT2D eigenvalue weighted by Crippen LogP contribution is 2.27. The lowest BCUT2D eigenvalue weighted by Crippen LogP contribution is -1.94. The summed E-state index contributed by atoms with van der Waals surface area (Å²) in [5, 5.41) is -0.556. The molecule has 0 atom stereocenters. The molecule has 0 aromatic carbocycles. The molecule has 0 fully saturated rings. The molecule has 1 aromatic heterocycles. The second kappa shape index (κ2) is 3.62. The summed E-state index contributed by atoms with van der Waals surface area (Å²) in [5.74, 6) is -1.17. The fourth-order valence-electron chi connectivity index (χ4n) is 0.645. The Morgan fingerprint density at radius 2 is 2.08 bits per heavy atom. The van der Waals surface area contributed by atoms with E-state index in [1.807, 2.05) is 0 Å². The van der Waals surface area contributed by atoms with Crippen LogP contribution in [0.5, 0.6) is 0 Å². The third kappa shape index (κ3) is 1.90. The zero-order valence-electron chi connectivity index (χ0n) is 5.49. The van der Waals surface area contributed by atoms with Crippen LogP contribution in [0.2, 0.25) is 5.15 Å². The quantitative estimate of drug-likeness (QED) is 0.703. The molecule has 0 saturated heterocycles. The number of pyridine rings is 1. The summed E-state index contributed by atoms with van der Waals surface area (Å²) in [7, 11) is 0. The molecule has 0 unspecified atom stereocenters. The Kier molecular flexibility index (Phi) is 2.95. The molecule has 0 amide bonds. The molecule has 0 spiro atoms. The number of nitrogens with zero attached hydrogens (tertiary/aromatic N) is 1. The van der Waals surface area contributed by atoms with E-state index >= 15 is 0 Å². The van der Waals surface area contributed by atoms with Crippen molar-refractivity contribution in [3.05, 3.63) is 27.2 Å². The largest absolute Gasteiger partial charge is 0.266 e. The lowest BCUT2D eigenvalue weighted by atomic mass is 10.3. The van der Waals surface area contributed by atoms with Gasteiger partial charge in [-0.2, -0.15) is 0 Å². The Hall–Kier alpha value is -0.290. The Bertz CT molecular complexity index is 305. The number of hydrogen-bond acceptors (Lipinski definition) is 1. The van der Waals surface area contributed by atoms with E-state index in [0.717, 1.165) is 6.07 Å². The molecule has 0 aliphatic carbocycles. The van der Waals surface area contributed by atoms with Crippen molar-refractivity contribution in [1.29, 1.82) is 0 Å². The summed E-state index contributed by atoms with van der Waals surface area (Å²) < 4.78 is 36.9. The van der Waals surface area contributed by atoms with E-state index in [2.05, 4.69) is 20.9 Å². The van der Waals surface area contributed by atoms with E-state index in [-0.39, 0.29) is 4.60 Å². The molecular weight excluding hydrogens is 258 g/mol. The average Bonchev–Trinajstić information content (AvgIpc) is 1.96. The maximum absolute atomic E-state index is 12.7. The highest BCUT2D eigenvalue weighted by molar-refractivity contribution is 9.10. The van der Waals surface area contributed by atoms with Gasteiger partial charge in [-0.15, -0.1) is 0 Å². The second-order valence-electron chi connectivity index (χ2n) is 1.94. The number of hydrogen-bond donors (Lipinski definition) is 0. The van der Waals surface area contributed by atoms with Crippen molar-refractivity contribution in [3.8, 4) is 0 Å². The first-order chi connectivity index (χ1) is 5.52. The fourth-order valence-corrected chi connectivity index (χ4v) is 1.37. The molecule has 66 valence electrons. The Morgan fingerprint density at radius 1 is 1.50 bits per heavy atom. The molecule has 0 N–H and O–H groups in total. The minimum absolute atomic E-state index is 0.0872. The summed E-state index contributed by atoms with van der Waals surface area (Å²) in [6.07, 6.45) is -2.89. The van der Waals surface area contributed by atoms with E-state index in [0.29, 0.717) is 0 Å². The van der Waals surface area contributed by atoms with Gasteiger partial charge in [-0.3, -0.25) is 0 Å². The SMILES string of the molecule is Fc1c(C(F)F)cc(Br)nc1Cl. The van der Waals surface area contributed by atoms with Crippen LogP contribution in [0.4, 0.5) is 13.2 Å². The Labute approximate surface area is 79.7 Å². The van der Waals surface area contributed by atoms with Crippen LogP contribution in [0.1, 0.15) is 12.0 Å². The van der Waals surface area contributed by atoms with Gasteiger partial charge in [-0.1, -0.05) is 11.6 Å². The normalized spacial score (nSPS) is 10.8. The smallest absolute Gasteiger partial charge is 0.226 e. The van der Waals surface area contributed by atoms with E-state index in [9.17, 15) is 13.2 Å². The van der Waals surface area contributed by atoms with E-state index < -0.39 is 23.0 Å². The molecule has 0 saturated carbocycles. The zero-order valence-corrected chi connectivity index (χ0v) is 7.83. The first kappa shape index (κ1) is 9.80. The van der Waals surface area contributed by atoms with E-state index in [4.69, 9.17) is 11.6 Å². The van der Waals surface area contributed by atoms with Gasteiger partial charge in [0.15, 0.2) is 11.0 Å². The second-order valence-corrected chi connectivity index (χ2v) is 3.11. The minimum atomic E-state index is -2.89. The van der Waals surface area contributed by atoms with Gasteiger partial charge < -0.3 is 0 Å². The summed E-state index contributed by atoms with van der Waals surface area (Å²) in [5.41, 5.74) is -0.748. The maximum Gasteiger partial charge on any atom is 0.266 e. The van der Waals surface area contributed by atoms with E-state index in [1.54, 1.807) is 0 Å². The average molecular weight is 260 g/mol. The molecule has 0 aliphatic heterocycles. The van der Waals surface area contributed by atoms with Crippen molar-refractivity contribution in [1.82, 2.24) is 4.98 Å². The molecule has 0 radical (unpaired) electrons. The minimum Gasteiger partial charge on any atom is -0.226 e. The standard InChI is InChI=1S/C6H2BrClF3N/c7-3-1-2(6(10)11)4(9)5(8)12-3/h1,6H. The first-order valence-corrected chi connectivity index (χ1v) is 3.99. The van der Waals surface area contributed by atoms with Crippen LogP contribution in [-0.4, -0.2) is 4.98 Å². The van der Waals surface area contributed by atoms with Gasteiger partial charge in [0.25, 0.3) is 6.43 Å². The van der Waals surface area contributed by atoms with E-state index in [1.165, 1.54) is 0 Å². The highest BCUT2D eigenvalue weighted by atomic mass is 79.9. The molecule has 1 aromatic rings. The zero-order chi connectivity index (χ0) is 9.30. The Morgan fingerprint density at radius 3 is 2.58 bits per heavy atom. The predicted molar refractivity (Wildman–Crippen MR) is 41.9 cm³/mol. The molecule has 1 rings (SSSR count). The summed E-state index contributed by atoms with van der Waals surface area (Å²) in [4.78, 5) is 3.39. The van der Waals surface area contributed by atoms with Gasteiger partial charge in [-0.25, -0.2) is 18.2 Å². The van der Waals surface area contributed by atoms with Gasteiger partial charge >= 0.3 is 0 Å². The monoisotopic (exact) mass is 259 g/mol. The van der Waals surface area contributed by atoms with Crippen LogP contribution in [0.3, 0.4) is 0 Å². The molecule has 12 heavy (non-hydrogen) atoms. The van der Waals surface area contributed by atoms with Crippen LogP contribution in [0.15, 0.2) is 10.7 Å². The summed E-state index contributed by atoms with van der Waals surface area (Å²) >= 11 is 8.03. The Balaban J connectivity index is 3.28. The topological polar surface area (TPSA) is 12.9 Å². The van der Waals surface area contributed by atoms with Crippen LogP contribution < -0.4 is 0 Å². The third-order valence-electron chi connectivity index (χ3n) is 1.15. The molecule has 6 heteroatoms. The fraction of sp³-hybridized carbons (Fsp3) is 0.167. The van der Waals surface area contributed by atoms with Crippen molar-refractivity contribution in [2.45, 2.75) is 6.43 Å². The van der Waals surface area contributed by atoms with Crippen LogP contribution >= 0.6 is 27.5 Å². The van der Waals surface area contributed by atoms with Crippen molar-refractivity contribution < 1.29 is 13.2 Å². The summed E-state index contributed by atoms with van der Waals surface area (Å²) in [6, 6.07) is 0.895. The molecule has 0 bridgehead atoms. The lowest BCUT2D eigenvalue weighted by Gasteiger charge is -2.02. The van der Waals surface area contributed by atoms with Gasteiger partial charge in [0, 0.05) is 0 Å².